The van der Waals surface area contributed by atoms with Crippen molar-refractivity contribution in [3.8, 4) is 0 Å². The molecule has 2 rings (SSSR count). The van der Waals surface area contributed by atoms with Crippen LogP contribution in [0, 0.1) is 0 Å². The van der Waals surface area contributed by atoms with Crippen molar-refractivity contribution in [1.29, 1.82) is 0 Å². The summed E-state index contributed by atoms with van der Waals surface area (Å²) < 4.78 is 43.3. The first-order valence-electron chi connectivity index (χ1n) is 7.51. The Kier molecular flexibility index (Phi) is 5.64. The first-order chi connectivity index (χ1) is 10.8. The van der Waals surface area contributed by atoms with Gasteiger partial charge >= 0.3 is 6.18 Å². The molecule has 0 saturated carbocycles. The fourth-order valence-corrected chi connectivity index (χ4v) is 2.66. The first kappa shape index (κ1) is 17.7. The van der Waals surface area contributed by atoms with Crippen LogP contribution in [-0.2, 0) is 11.3 Å². The van der Waals surface area contributed by atoms with Crippen LogP contribution in [0.4, 0.5) is 13.2 Å². The number of carbonyl (C=O) groups is 1. The van der Waals surface area contributed by atoms with Crippen molar-refractivity contribution in [2.24, 2.45) is 0 Å². The summed E-state index contributed by atoms with van der Waals surface area (Å²) in [6, 6.07) is 5.64. The van der Waals surface area contributed by atoms with Gasteiger partial charge in [-0.3, -0.25) is 9.69 Å². The molecular formula is C16H21F3N2O2. The molecule has 1 aromatic rings. The van der Waals surface area contributed by atoms with E-state index in [4.69, 9.17) is 4.74 Å². The van der Waals surface area contributed by atoms with Gasteiger partial charge in [-0.2, -0.15) is 13.2 Å². The van der Waals surface area contributed by atoms with Crippen molar-refractivity contribution >= 4 is 5.91 Å². The van der Waals surface area contributed by atoms with Gasteiger partial charge in [0.25, 0.3) is 5.91 Å². The lowest BCUT2D eigenvalue weighted by atomic mass is 10.1. The number of hydrogen-bond acceptors (Lipinski definition) is 3. The third-order valence-electron chi connectivity index (χ3n) is 4.11. The average molecular weight is 330 g/mol. The molecule has 0 aromatic heterocycles. The van der Waals surface area contributed by atoms with E-state index in [0.717, 1.165) is 12.5 Å². The highest BCUT2D eigenvalue weighted by atomic mass is 19.4. The lowest BCUT2D eigenvalue weighted by Crippen LogP contribution is -2.54. The van der Waals surface area contributed by atoms with Crippen LogP contribution >= 0.6 is 0 Å². The van der Waals surface area contributed by atoms with Gasteiger partial charge < -0.3 is 9.64 Å². The number of piperazine rings is 1. The minimum atomic E-state index is -4.24. The molecule has 0 bridgehead atoms. The van der Waals surface area contributed by atoms with E-state index in [1.54, 1.807) is 30.2 Å². The van der Waals surface area contributed by atoms with Crippen molar-refractivity contribution in [1.82, 2.24) is 9.80 Å². The zero-order valence-electron chi connectivity index (χ0n) is 13.3. The number of alkyl halides is 3. The van der Waals surface area contributed by atoms with Crippen LogP contribution in [0.15, 0.2) is 24.3 Å². The van der Waals surface area contributed by atoms with E-state index in [1.807, 2.05) is 6.07 Å². The summed E-state index contributed by atoms with van der Waals surface area (Å²) in [5.41, 5.74) is 1.43. The zero-order chi connectivity index (χ0) is 17.0. The second kappa shape index (κ2) is 7.31. The zero-order valence-corrected chi connectivity index (χ0v) is 13.3. The van der Waals surface area contributed by atoms with Crippen molar-refractivity contribution in [2.75, 3.05) is 33.3 Å². The van der Waals surface area contributed by atoms with Crippen LogP contribution in [-0.4, -0.2) is 61.2 Å². The van der Waals surface area contributed by atoms with Crippen LogP contribution in [0.3, 0.4) is 0 Å². The maximum absolute atomic E-state index is 12.7. The monoisotopic (exact) mass is 330 g/mol. The molecule has 1 atom stereocenters. The molecule has 1 aliphatic rings. The van der Waals surface area contributed by atoms with Crippen molar-refractivity contribution in [3.05, 3.63) is 35.4 Å². The number of hydrogen-bond donors (Lipinski definition) is 0. The predicted octanol–water partition coefficient (Wildman–Crippen LogP) is 2.54. The van der Waals surface area contributed by atoms with E-state index in [2.05, 4.69) is 0 Å². The molecule has 1 amide bonds. The summed E-state index contributed by atoms with van der Waals surface area (Å²) in [6.45, 7) is 2.62. The molecule has 1 aliphatic heterocycles. The van der Waals surface area contributed by atoms with Crippen LogP contribution in [0.25, 0.3) is 0 Å². The highest BCUT2D eigenvalue weighted by molar-refractivity contribution is 5.94. The molecule has 0 spiro atoms. The van der Waals surface area contributed by atoms with E-state index >= 15 is 0 Å². The highest BCUT2D eigenvalue weighted by Crippen LogP contribution is 2.25. The summed E-state index contributed by atoms with van der Waals surface area (Å²) >= 11 is 0. The molecule has 7 heteroatoms. The van der Waals surface area contributed by atoms with Crippen LogP contribution in [0.1, 0.15) is 22.8 Å². The lowest BCUT2D eigenvalue weighted by molar-refractivity contribution is -0.181. The second-order valence-electron chi connectivity index (χ2n) is 5.68. The van der Waals surface area contributed by atoms with E-state index in [9.17, 15) is 18.0 Å². The first-order valence-corrected chi connectivity index (χ1v) is 7.51. The van der Waals surface area contributed by atoms with Gasteiger partial charge in [-0.05, 0) is 24.6 Å². The molecule has 128 valence electrons. The van der Waals surface area contributed by atoms with Crippen LogP contribution in [0.5, 0.6) is 0 Å². The molecule has 4 nitrogen and oxygen atoms in total. The molecule has 23 heavy (non-hydrogen) atoms. The summed E-state index contributed by atoms with van der Waals surface area (Å²) in [6.07, 6.45) is -4.24. The van der Waals surface area contributed by atoms with Crippen LogP contribution < -0.4 is 0 Å². The van der Waals surface area contributed by atoms with E-state index in [0.29, 0.717) is 25.3 Å². The fourth-order valence-electron chi connectivity index (χ4n) is 2.66. The fraction of sp³-hybridized carbons (Fsp3) is 0.562. The Hall–Kier alpha value is -1.60. The van der Waals surface area contributed by atoms with Crippen LogP contribution in [0.2, 0.25) is 0 Å². The van der Waals surface area contributed by atoms with Crippen molar-refractivity contribution < 1.29 is 22.7 Å². The third-order valence-corrected chi connectivity index (χ3v) is 4.11. The lowest BCUT2D eigenvalue weighted by Gasteiger charge is -2.38. The molecule has 1 fully saturated rings. The maximum atomic E-state index is 12.7. The molecule has 1 unspecified atom stereocenters. The number of halogens is 3. The van der Waals surface area contributed by atoms with Gasteiger partial charge in [-0.15, -0.1) is 0 Å². The average Bonchev–Trinajstić information content (AvgIpc) is 2.53. The Morgan fingerprint density at radius 3 is 2.48 bits per heavy atom. The SMILES string of the molecule is COCc1cccc(C(=O)N2CCN(C(C)C(F)(F)F)CC2)c1. The largest absolute Gasteiger partial charge is 0.403 e. The Labute approximate surface area is 133 Å². The van der Waals surface area contributed by atoms with E-state index < -0.39 is 12.2 Å². The quantitative estimate of drug-likeness (QED) is 0.850. The Bertz CT molecular complexity index is 540. The number of rotatable bonds is 4. The number of amides is 1. The molecular weight excluding hydrogens is 309 g/mol. The minimum absolute atomic E-state index is 0.151. The molecule has 0 aliphatic carbocycles. The third kappa shape index (κ3) is 4.45. The van der Waals surface area contributed by atoms with Gasteiger partial charge in [0.05, 0.1) is 6.61 Å². The van der Waals surface area contributed by atoms with Gasteiger partial charge in [0.1, 0.15) is 6.04 Å². The van der Waals surface area contributed by atoms with Gasteiger partial charge in [0, 0.05) is 38.9 Å². The summed E-state index contributed by atoms with van der Waals surface area (Å²) in [5, 5.41) is 0. The smallest absolute Gasteiger partial charge is 0.380 e. The molecule has 0 radical (unpaired) electrons. The normalized spacial score (nSPS) is 18.0. The number of ether oxygens (including phenoxy) is 1. The Morgan fingerprint density at radius 2 is 1.91 bits per heavy atom. The summed E-state index contributed by atoms with van der Waals surface area (Å²) in [5.74, 6) is -0.151. The van der Waals surface area contributed by atoms with Gasteiger partial charge in [0.2, 0.25) is 0 Å². The molecule has 1 saturated heterocycles. The highest BCUT2D eigenvalue weighted by Gasteiger charge is 2.41. The van der Waals surface area contributed by atoms with Gasteiger partial charge in [-0.1, -0.05) is 12.1 Å². The number of carbonyl (C=O) groups excluding carboxylic acids is 1. The van der Waals surface area contributed by atoms with E-state index in [-0.39, 0.29) is 19.0 Å². The molecule has 0 N–H and O–H groups in total. The van der Waals surface area contributed by atoms with Gasteiger partial charge in [0.15, 0.2) is 0 Å². The van der Waals surface area contributed by atoms with Crippen molar-refractivity contribution in [3.63, 3.8) is 0 Å². The summed E-state index contributed by atoms with van der Waals surface area (Å²) in [4.78, 5) is 15.4. The van der Waals surface area contributed by atoms with Crippen molar-refractivity contribution in [2.45, 2.75) is 25.7 Å². The number of methoxy groups -OCH3 is 1. The molecule has 1 aromatic carbocycles. The predicted molar refractivity (Wildman–Crippen MR) is 80.1 cm³/mol. The summed E-state index contributed by atoms with van der Waals surface area (Å²) in [7, 11) is 1.58. The number of benzene rings is 1. The maximum Gasteiger partial charge on any atom is 0.403 e. The number of nitrogens with zero attached hydrogens (tertiary/aromatic N) is 2. The van der Waals surface area contributed by atoms with Gasteiger partial charge in [-0.25, -0.2) is 0 Å². The Morgan fingerprint density at radius 1 is 1.26 bits per heavy atom. The Balaban J connectivity index is 1.97. The van der Waals surface area contributed by atoms with E-state index in [1.165, 1.54) is 4.90 Å². The molecule has 1 heterocycles. The second-order valence-corrected chi connectivity index (χ2v) is 5.68. The standard InChI is InChI=1S/C16H21F3N2O2/c1-12(16(17,18)19)20-6-8-21(9-7-20)15(22)14-5-3-4-13(10-14)11-23-2/h3-5,10,12H,6-9,11H2,1-2H3. The minimum Gasteiger partial charge on any atom is -0.380 e. The topological polar surface area (TPSA) is 32.8 Å².